The highest BCUT2D eigenvalue weighted by Crippen LogP contribution is 2.34. The number of halogens is 2. The monoisotopic (exact) mass is 376 g/mol. The van der Waals surface area contributed by atoms with Crippen molar-refractivity contribution in [2.45, 2.75) is 32.2 Å². The lowest BCUT2D eigenvalue weighted by molar-refractivity contribution is 0.401. The normalized spacial score (nSPS) is 15.9. The summed E-state index contributed by atoms with van der Waals surface area (Å²) in [6, 6.07) is 0.326. The van der Waals surface area contributed by atoms with E-state index in [1.165, 1.54) is 6.33 Å². The van der Waals surface area contributed by atoms with Gasteiger partial charge in [0.05, 0.1) is 10.4 Å². The zero-order valence-electron chi connectivity index (χ0n) is 13.9. The van der Waals surface area contributed by atoms with E-state index in [-0.39, 0.29) is 0 Å². The number of hydrogen-bond acceptors (Lipinski definition) is 5. The molecule has 1 saturated heterocycles. The topological polar surface area (TPSA) is 59.7 Å². The van der Waals surface area contributed by atoms with Gasteiger partial charge in [-0.05, 0) is 24.8 Å². The van der Waals surface area contributed by atoms with E-state index in [1.807, 2.05) is 18.6 Å². The van der Waals surface area contributed by atoms with E-state index in [0.717, 1.165) is 54.9 Å². The molecule has 0 atom stereocenters. The fourth-order valence-corrected chi connectivity index (χ4v) is 3.88. The van der Waals surface area contributed by atoms with Crippen LogP contribution in [0.4, 0.5) is 5.95 Å². The summed E-state index contributed by atoms with van der Waals surface area (Å²) in [5, 5.41) is 1.73. The minimum Gasteiger partial charge on any atom is -0.341 e. The Morgan fingerprint density at radius 2 is 1.80 bits per heavy atom. The molecular formula is C17H18Cl2N6. The molecular weight excluding hydrogens is 359 g/mol. The van der Waals surface area contributed by atoms with Crippen LogP contribution in [0.5, 0.6) is 0 Å². The molecule has 0 unspecified atom stereocenters. The predicted molar refractivity (Wildman–Crippen MR) is 99.4 cm³/mol. The molecule has 0 N–H and O–H groups in total. The highest BCUT2D eigenvalue weighted by atomic mass is 35.5. The van der Waals surface area contributed by atoms with Crippen molar-refractivity contribution in [3.63, 3.8) is 0 Å². The van der Waals surface area contributed by atoms with E-state index in [1.54, 1.807) is 0 Å². The Labute approximate surface area is 155 Å². The molecule has 0 aliphatic carbocycles. The first-order chi connectivity index (χ1) is 12.2. The number of aryl methyl sites for hydroxylation is 1. The number of piperidine rings is 1. The lowest BCUT2D eigenvalue weighted by Gasteiger charge is -2.32. The summed E-state index contributed by atoms with van der Waals surface area (Å²) >= 11 is 12.5. The van der Waals surface area contributed by atoms with Crippen LogP contribution in [0, 0.1) is 0 Å². The van der Waals surface area contributed by atoms with Crippen molar-refractivity contribution >= 4 is 40.2 Å². The van der Waals surface area contributed by atoms with E-state index in [2.05, 4.69) is 36.3 Å². The molecule has 4 heterocycles. The lowest BCUT2D eigenvalue weighted by atomic mass is 10.1. The van der Waals surface area contributed by atoms with Crippen molar-refractivity contribution in [3.8, 4) is 0 Å². The molecule has 25 heavy (non-hydrogen) atoms. The number of aromatic nitrogens is 5. The lowest BCUT2D eigenvalue weighted by Crippen LogP contribution is -2.35. The summed E-state index contributed by atoms with van der Waals surface area (Å²) in [6.07, 6.45) is 10.1. The zero-order valence-corrected chi connectivity index (χ0v) is 15.4. The van der Waals surface area contributed by atoms with Crippen LogP contribution >= 0.6 is 23.2 Å². The summed E-state index contributed by atoms with van der Waals surface area (Å²) in [7, 11) is 0. The Kier molecular flexibility index (Phi) is 4.48. The van der Waals surface area contributed by atoms with Gasteiger partial charge in [-0.3, -0.25) is 0 Å². The Hall–Kier alpha value is -1.92. The molecule has 0 aromatic carbocycles. The molecule has 0 spiro atoms. The Morgan fingerprint density at radius 1 is 1.08 bits per heavy atom. The van der Waals surface area contributed by atoms with Gasteiger partial charge in [-0.1, -0.05) is 30.1 Å². The largest absolute Gasteiger partial charge is 0.341 e. The van der Waals surface area contributed by atoms with Gasteiger partial charge in [-0.2, -0.15) is 0 Å². The fraction of sp³-hybridized carbons (Fsp3) is 0.412. The van der Waals surface area contributed by atoms with Gasteiger partial charge in [0, 0.05) is 37.7 Å². The van der Waals surface area contributed by atoms with Crippen LogP contribution in [0.1, 0.15) is 31.4 Å². The maximum absolute atomic E-state index is 6.34. The van der Waals surface area contributed by atoms with E-state index in [0.29, 0.717) is 16.2 Å². The van der Waals surface area contributed by atoms with Gasteiger partial charge in [0.25, 0.3) is 0 Å². The van der Waals surface area contributed by atoms with Gasteiger partial charge in [0.2, 0.25) is 5.95 Å². The molecule has 3 aromatic heterocycles. The molecule has 0 bridgehead atoms. The second-order valence-electron chi connectivity index (χ2n) is 6.21. The number of fused-ring (bicyclic) bond motifs is 1. The van der Waals surface area contributed by atoms with Gasteiger partial charge in [0.1, 0.15) is 17.1 Å². The SMILES string of the molecule is CCc1cnc(N2CCC(n3cc(Cl)c4c(Cl)ncnc43)CC2)nc1. The Bertz CT molecular complexity index is 884. The third-order valence-corrected chi connectivity index (χ3v) is 5.33. The molecule has 1 aliphatic rings. The molecule has 4 rings (SSSR count). The van der Waals surface area contributed by atoms with Gasteiger partial charge in [-0.15, -0.1) is 0 Å². The van der Waals surface area contributed by atoms with Crippen molar-refractivity contribution in [2.75, 3.05) is 18.0 Å². The van der Waals surface area contributed by atoms with Gasteiger partial charge in [-0.25, -0.2) is 19.9 Å². The summed E-state index contributed by atoms with van der Waals surface area (Å²) in [4.78, 5) is 19.6. The van der Waals surface area contributed by atoms with Crippen LogP contribution in [0.25, 0.3) is 11.0 Å². The van der Waals surface area contributed by atoms with Crippen molar-refractivity contribution in [2.24, 2.45) is 0 Å². The summed E-state index contributed by atoms with van der Waals surface area (Å²) in [5.74, 6) is 0.802. The average Bonchev–Trinajstić information content (AvgIpc) is 3.00. The number of rotatable bonds is 3. The maximum Gasteiger partial charge on any atom is 0.225 e. The standard InChI is InChI=1S/C17H18Cl2N6/c1-2-11-7-20-17(21-8-11)24-5-3-12(4-6-24)25-9-13(18)14-15(19)22-10-23-16(14)25/h7-10,12H,2-6H2,1H3. The number of hydrogen-bond donors (Lipinski definition) is 0. The fourth-order valence-electron chi connectivity index (χ4n) is 3.32. The quantitative estimate of drug-likeness (QED) is 0.648. The van der Waals surface area contributed by atoms with Crippen LogP contribution < -0.4 is 4.90 Å². The molecule has 6 nitrogen and oxygen atoms in total. The second kappa shape index (κ2) is 6.77. The number of anilines is 1. The summed E-state index contributed by atoms with van der Waals surface area (Å²) in [6.45, 7) is 3.89. The van der Waals surface area contributed by atoms with Gasteiger partial charge < -0.3 is 9.47 Å². The maximum atomic E-state index is 6.34. The van der Waals surface area contributed by atoms with E-state index in [9.17, 15) is 0 Å². The molecule has 1 aliphatic heterocycles. The second-order valence-corrected chi connectivity index (χ2v) is 6.98. The van der Waals surface area contributed by atoms with Crippen LogP contribution in [0.2, 0.25) is 10.2 Å². The van der Waals surface area contributed by atoms with Crippen LogP contribution in [-0.2, 0) is 6.42 Å². The number of nitrogens with zero attached hydrogens (tertiary/aromatic N) is 6. The Balaban J connectivity index is 1.53. The molecule has 0 radical (unpaired) electrons. The Morgan fingerprint density at radius 3 is 2.48 bits per heavy atom. The first kappa shape index (κ1) is 16.5. The first-order valence-electron chi connectivity index (χ1n) is 8.39. The smallest absolute Gasteiger partial charge is 0.225 e. The van der Waals surface area contributed by atoms with Crippen molar-refractivity contribution in [3.05, 3.63) is 40.7 Å². The molecule has 8 heteroatoms. The first-order valence-corrected chi connectivity index (χ1v) is 9.15. The average molecular weight is 377 g/mol. The molecule has 130 valence electrons. The van der Waals surface area contributed by atoms with Crippen LogP contribution in [0.15, 0.2) is 24.9 Å². The van der Waals surface area contributed by atoms with Crippen LogP contribution in [0.3, 0.4) is 0 Å². The van der Waals surface area contributed by atoms with Gasteiger partial charge >= 0.3 is 0 Å². The highest BCUT2D eigenvalue weighted by molar-refractivity contribution is 6.41. The minimum absolute atomic E-state index is 0.326. The van der Waals surface area contributed by atoms with Gasteiger partial charge in [0.15, 0.2) is 0 Å². The summed E-state index contributed by atoms with van der Waals surface area (Å²) < 4.78 is 2.13. The molecule has 0 amide bonds. The predicted octanol–water partition coefficient (Wildman–Crippen LogP) is 3.93. The minimum atomic E-state index is 0.326. The van der Waals surface area contributed by atoms with Crippen molar-refractivity contribution in [1.82, 2.24) is 24.5 Å². The molecule has 0 saturated carbocycles. The highest BCUT2D eigenvalue weighted by Gasteiger charge is 2.25. The third kappa shape index (κ3) is 3.04. The van der Waals surface area contributed by atoms with Crippen molar-refractivity contribution < 1.29 is 0 Å². The molecule has 3 aromatic rings. The summed E-state index contributed by atoms with van der Waals surface area (Å²) in [5.41, 5.74) is 1.95. The van der Waals surface area contributed by atoms with Crippen LogP contribution in [-0.4, -0.2) is 37.6 Å². The molecule has 1 fully saturated rings. The zero-order chi connectivity index (χ0) is 17.4. The van der Waals surface area contributed by atoms with E-state index in [4.69, 9.17) is 23.2 Å². The van der Waals surface area contributed by atoms with Crippen molar-refractivity contribution in [1.29, 1.82) is 0 Å². The van der Waals surface area contributed by atoms with E-state index >= 15 is 0 Å². The third-order valence-electron chi connectivity index (χ3n) is 4.76. The van der Waals surface area contributed by atoms with E-state index < -0.39 is 0 Å².